The molecule has 0 radical (unpaired) electrons. The van der Waals surface area contributed by atoms with Crippen molar-refractivity contribution in [3.63, 3.8) is 0 Å². The number of carbonyl (C=O) groups excluding carboxylic acids is 1. The van der Waals surface area contributed by atoms with Crippen LogP contribution in [0.5, 0.6) is 0 Å². The minimum absolute atomic E-state index is 0.0606. The molecule has 0 aliphatic carbocycles. The lowest BCUT2D eigenvalue weighted by Crippen LogP contribution is -2.28. The number of nitrogens with one attached hydrogen (secondary N) is 1. The van der Waals surface area contributed by atoms with Crippen LogP contribution in [-0.4, -0.2) is 37.3 Å². The Morgan fingerprint density at radius 3 is 3.12 bits per heavy atom. The zero-order valence-electron chi connectivity index (χ0n) is 9.61. The zero-order valence-corrected chi connectivity index (χ0v) is 9.61. The fraction of sp³-hybridized carbons (Fsp3) is 0.545. The second-order valence-corrected chi connectivity index (χ2v) is 3.48. The number of methoxy groups -OCH3 is 1. The van der Waals surface area contributed by atoms with E-state index < -0.39 is 0 Å². The molecule has 5 heteroatoms. The lowest BCUT2D eigenvalue weighted by atomic mass is 10.3. The van der Waals surface area contributed by atoms with E-state index in [2.05, 4.69) is 5.32 Å². The maximum Gasteiger partial charge on any atom is 0.267 e. The van der Waals surface area contributed by atoms with E-state index in [1.54, 1.807) is 13.2 Å². The molecule has 5 nitrogen and oxygen atoms in total. The van der Waals surface area contributed by atoms with Crippen molar-refractivity contribution in [2.24, 2.45) is 5.73 Å². The van der Waals surface area contributed by atoms with Gasteiger partial charge in [-0.2, -0.15) is 0 Å². The van der Waals surface area contributed by atoms with Crippen LogP contribution in [0.1, 0.15) is 16.9 Å². The molecule has 0 aromatic carbocycles. The predicted octanol–water partition coefficient (Wildman–Crippen LogP) is 0.213. The number of amides is 1. The highest BCUT2D eigenvalue weighted by Crippen LogP contribution is 2.02. The number of nitrogens with two attached hydrogens (primary N) is 1. The van der Waals surface area contributed by atoms with E-state index in [9.17, 15) is 4.79 Å². The highest BCUT2D eigenvalue weighted by atomic mass is 16.5. The van der Waals surface area contributed by atoms with Crippen LogP contribution in [0.3, 0.4) is 0 Å². The first kappa shape index (κ1) is 12.7. The largest absolute Gasteiger partial charge is 0.383 e. The first-order valence-electron chi connectivity index (χ1n) is 5.42. The lowest BCUT2D eigenvalue weighted by Gasteiger charge is -2.08. The maximum absolute atomic E-state index is 11.8. The summed E-state index contributed by atoms with van der Waals surface area (Å²) >= 11 is 0. The van der Waals surface area contributed by atoms with Gasteiger partial charge in [0.1, 0.15) is 5.69 Å². The Hall–Kier alpha value is -1.33. The monoisotopic (exact) mass is 225 g/mol. The normalized spacial score (nSPS) is 10.4. The Labute approximate surface area is 95.6 Å². The summed E-state index contributed by atoms with van der Waals surface area (Å²) in [6.45, 7) is 2.48. The number of rotatable bonds is 7. The van der Waals surface area contributed by atoms with Gasteiger partial charge < -0.3 is 20.4 Å². The summed E-state index contributed by atoms with van der Waals surface area (Å²) in [6, 6.07) is 3.65. The van der Waals surface area contributed by atoms with Crippen molar-refractivity contribution in [3.05, 3.63) is 24.0 Å². The molecule has 0 spiro atoms. The molecule has 16 heavy (non-hydrogen) atoms. The summed E-state index contributed by atoms with van der Waals surface area (Å²) in [5.41, 5.74) is 6.02. The van der Waals surface area contributed by atoms with Crippen molar-refractivity contribution in [2.75, 3.05) is 26.8 Å². The van der Waals surface area contributed by atoms with E-state index in [1.165, 1.54) is 0 Å². The molecule has 0 aliphatic heterocycles. The third-order valence-corrected chi connectivity index (χ3v) is 2.26. The van der Waals surface area contributed by atoms with Gasteiger partial charge in [-0.25, -0.2) is 0 Å². The van der Waals surface area contributed by atoms with Gasteiger partial charge >= 0.3 is 0 Å². The van der Waals surface area contributed by atoms with Crippen LogP contribution in [-0.2, 0) is 11.3 Å². The van der Waals surface area contributed by atoms with E-state index in [0.29, 0.717) is 31.9 Å². The van der Waals surface area contributed by atoms with Gasteiger partial charge in [-0.15, -0.1) is 0 Å². The van der Waals surface area contributed by atoms with Crippen molar-refractivity contribution < 1.29 is 9.53 Å². The smallest absolute Gasteiger partial charge is 0.267 e. The SMILES string of the molecule is COCCn1cccc1C(=O)NCCCN. The van der Waals surface area contributed by atoms with Crippen LogP contribution in [0.4, 0.5) is 0 Å². The maximum atomic E-state index is 11.8. The molecule has 0 unspecified atom stereocenters. The highest BCUT2D eigenvalue weighted by Gasteiger charge is 2.09. The van der Waals surface area contributed by atoms with Gasteiger partial charge in [0.25, 0.3) is 5.91 Å². The average molecular weight is 225 g/mol. The highest BCUT2D eigenvalue weighted by molar-refractivity contribution is 5.92. The Kier molecular flexibility index (Phi) is 5.60. The van der Waals surface area contributed by atoms with Gasteiger partial charge in [-0.3, -0.25) is 4.79 Å². The summed E-state index contributed by atoms with van der Waals surface area (Å²) in [5, 5.41) is 2.82. The molecule has 1 amide bonds. The summed E-state index contributed by atoms with van der Waals surface area (Å²) in [5.74, 6) is -0.0606. The summed E-state index contributed by atoms with van der Waals surface area (Å²) < 4.78 is 6.86. The molecule has 3 N–H and O–H groups in total. The van der Waals surface area contributed by atoms with E-state index in [4.69, 9.17) is 10.5 Å². The van der Waals surface area contributed by atoms with Crippen LogP contribution in [0, 0.1) is 0 Å². The lowest BCUT2D eigenvalue weighted by molar-refractivity contribution is 0.0941. The molecular weight excluding hydrogens is 206 g/mol. The van der Waals surface area contributed by atoms with Gasteiger partial charge in [0.15, 0.2) is 0 Å². The Morgan fingerprint density at radius 2 is 2.44 bits per heavy atom. The molecule has 0 fully saturated rings. The van der Waals surface area contributed by atoms with Crippen LogP contribution in [0.15, 0.2) is 18.3 Å². The number of hydrogen-bond donors (Lipinski definition) is 2. The van der Waals surface area contributed by atoms with E-state index >= 15 is 0 Å². The van der Waals surface area contributed by atoms with E-state index in [0.717, 1.165) is 6.42 Å². The van der Waals surface area contributed by atoms with Crippen LogP contribution < -0.4 is 11.1 Å². The minimum Gasteiger partial charge on any atom is -0.383 e. The van der Waals surface area contributed by atoms with Gasteiger partial charge in [0.2, 0.25) is 0 Å². The quantitative estimate of drug-likeness (QED) is 0.652. The molecule has 0 aliphatic rings. The number of nitrogens with zero attached hydrogens (tertiary/aromatic N) is 1. The predicted molar refractivity (Wildman–Crippen MR) is 62.3 cm³/mol. The molecule has 0 saturated carbocycles. The topological polar surface area (TPSA) is 69.3 Å². The molecule has 0 saturated heterocycles. The molecule has 90 valence electrons. The Balaban J connectivity index is 2.50. The number of ether oxygens (including phenoxy) is 1. The fourth-order valence-electron chi connectivity index (χ4n) is 1.40. The Bertz CT molecular complexity index is 323. The number of aromatic nitrogens is 1. The van der Waals surface area contributed by atoms with Crippen molar-refractivity contribution in [3.8, 4) is 0 Å². The zero-order chi connectivity index (χ0) is 11.8. The van der Waals surface area contributed by atoms with Crippen LogP contribution in [0.2, 0.25) is 0 Å². The first-order chi connectivity index (χ1) is 7.79. The van der Waals surface area contributed by atoms with Crippen LogP contribution in [0.25, 0.3) is 0 Å². The summed E-state index contributed by atoms with van der Waals surface area (Å²) in [4.78, 5) is 11.8. The number of hydrogen-bond acceptors (Lipinski definition) is 3. The second-order valence-electron chi connectivity index (χ2n) is 3.48. The second kappa shape index (κ2) is 7.03. The van der Waals surface area contributed by atoms with E-state index in [1.807, 2.05) is 16.8 Å². The van der Waals surface area contributed by atoms with Crippen molar-refractivity contribution in [1.82, 2.24) is 9.88 Å². The van der Waals surface area contributed by atoms with Crippen molar-refractivity contribution in [2.45, 2.75) is 13.0 Å². The molecule has 1 aromatic rings. The molecular formula is C11H19N3O2. The van der Waals surface area contributed by atoms with Gasteiger partial charge in [-0.05, 0) is 25.1 Å². The minimum atomic E-state index is -0.0606. The fourth-order valence-corrected chi connectivity index (χ4v) is 1.40. The average Bonchev–Trinajstić information content (AvgIpc) is 2.74. The van der Waals surface area contributed by atoms with Crippen molar-refractivity contribution >= 4 is 5.91 Å². The molecule has 1 rings (SSSR count). The van der Waals surface area contributed by atoms with Gasteiger partial charge in [0.05, 0.1) is 6.61 Å². The summed E-state index contributed by atoms with van der Waals surface area (Å²) in [7, 11) is 1.64. The van der Waals surface area contributed by atoms with Gasteiger partial charge in [0, 0.05) is 26.4 Å². The standard InChI is InChI=1S/C11H19N3O2/c1-16-9-8-14-7-2-4-10(14)11(15)13-6-3-5-12/h2,4,7H,3,5-6,8-9,12H2,1H3,(H,13,15). The number of carbonyl (C=O) groups is 1. The van der Waals surface area contributed by atoms with Gasteiger partial charge in [-0.1, -0.05) is 0 Å². The molecule has 0 bridgehead atoms. The molecule has 0 atom stereocenters. The van der Waals surface area contributed by atoms with Crippen LogP contribution >= 0.6 is 0 Å². The molecule has 1 aromatic heterocycles. The van der Waals surface area contributed by atoms with Crippen molar-refractivity contribution in [1.29, 1.82) is 0 Å². The third kappa shape index (κ3) is 3.67. The van der Waals surface area contributed by atoms with E-state index in [-0.39, 0.29) is 5.91 Å². The Morgan fingerprint density at radius 1 is 1.62 bits per heavy atom. The summed E-state index contributed by atoms with van der Waals surface area (Å²) in [6.07, 6.45) is 2.67. The molecule has 1 heterocycles. The first-order valence-corrected chi connectivity index (χ1v) is 5.42. The third-order valence-electron chi connectivity index (χ3n) is 2.26.